The zero-order valence-electron chi connectivity index (χ0n) is 11.2. The van der Waals surface area contributed by atoms with E-state index in [2.05, 4.69) is 11.1 Å². The van der Waals surface area contributed by atoms with Crippen LogP contribution >= 0.6 is 11.8 Å². The summed E-state index contributed by atoms with van der Waals surface area (Å²) >= 11 is 1.58. The summed E-state index contributed by atoms with van der Waals surface area (Å²) in [7, 11) is 0. The van der Waals surface area contributed by atoms with Crippen molar-refractivity contribution in [3.63, 3.8) is 0 Å². The number of hydrogen-bond donors (Lipinski definition) is 1. The van der Waals surface area contributed by atoms with E-state index in [0.29, 0.717) is 5.75 Å². The third-order valence-corrected chi connectivity index (χ3v) is 4.26. The highest BCUT2D eigenvalue weighted by atomic mass is 32.2. The van der Waals surface area contributed by atoms with Gasteiger partial charge in [-0.05, 0) is 30.7 Å². The molecule has 0 bridgehead atoms. The molecule has 3 rings (SSSR count). The minimum absolute atomic E-state index is 0.161. The Kier molecular flexibility index (Phi) is 3.61. The summed E-state index contributed by atoms with van der Waals surface area (Å²) in [4.78, 5) is 16.6. The van der Waals surface area contributed by atoms with Gasteiger partial charge in [-0.25, -0.2) is 0 Å². The summed E-state index contributed by atoms with van der Waals surface area (Å²) < 4.78 is 0. The molecule has 3 heteroatoms. The topological polar surface area (TPSA) is 32.9 Å². The molecule has 0 fully saturated rings. The maximum atomic E-state index is 12.3. The predicted octanol–water partition coefficient (Wildman–Crippen LogP) is 4.45. The lowest BCUT2D eigenvalue weighted by molar-refractivity contribution is 0.102. The van der Waals surface area contributed by atoms with Gasteiger partial charge in [-0.2, -0.15) is 0 Å². The lowest BCUT2D eigenvalue weighted by Gasteiger charge is -2.01. The van der Waals surface area contributed by atoms with Crippen molar-refractivity contribution in [3.8, 4) is 0 Å². The van der Waals surface area contributed by atoms with E-state index in [-0.39, 0.29) is 5.78 Å². The van der Waals surface area contributed by atoms with Crippen molar-refractivity contribution in [2.45, 2.75) is 11.8 Å². The maximum Gasteiger partial charge on any atom is 0.175 e. The molecule has 0 aliphatic heterocycles. The van der Waals surface area contributed by atoms with E-state index < -0.39 is 0 Å². The zero-order chi connectivity index (χ0) is 13.9. The van der Waals surface area contributed by atoms with Gasteiger partial charge in [-0.15, -0.1) is 11.8 Å². The van der Waals surface area contributed by atoms with Gasteiger partial charge in [-0.3, -0.25) is 4.79 Å². The van der Waals surface area contributed by atoms with Gasteiger partial charge >= 0.3 is 0 Å². The van der Waals surface area contributed by atoms with Crippen LogP contribution < -0.4 is 0 Å². The molecule has 2 aromatic carbocycles. The molecule has 100 valence electrons. The van der Waals surface area contributed by atoms with Crippen LogP contribution in [0, 0.1) is 6.92 Å². The summed E-state index contributed by atoms with van der Waals surface area (Å²) in [5.41, 5.74) is 3.00. The molecule has 1 heterocycles. The highest BCUT2D eigenvalue weighted by molar-refractivity contribution is 8.00. The Morgan fingerprint density at radius 2 is 1.95 bits per heavy atom. The van der Waals surface area contributed by atoms with Crippen molar-refractivity contribution >= 4 is 28.4 Å². The van der Waals surface area contributed by atoms with Crippen molar-refractivity contribution < 1.29 is 4.79 Å². The van der Waals surface area contributed by atoms with Gasteiger partial charge in [0.1, 0.15) is 0 Å². The summed E-state index contributed by atoms with van der Waals surface area (Å²) in [5.74, 6) is 0.624. The second-order valence-corrected chi connectivity index (χ2v) is 5.83. The predicted molar refractivity (Wildman–Crippen MR) is 84.5 cm³/mol. The number of carbonyl (C=O) groups excluding carboxylic acids is 1. The number of aryl methyl sites for hydroxylation is 1. The number of hydrogen-bond acceptors (Lipinski definition) is 2. The second-order valence-electron chi connectivity index (χ2n) is 4.78. The Morgan fingerprint density at radius 1 is 1.15 bits per heavy atom. The van der Waals surface area contributed by atoms with Gasteiger partial charge < -0.3 is 4.98 Å². The van der Waals surface area contributed by atoms with Crippen molar-refractivity contribution in [1.29, 1.82) is 0 Å². The molecular weight excluding hydrogens is 266 g/mol. The van der Waals surface area contributed by atoms with Crippen molar-refractivity contribution in [2.24, 2.45) is 0 Å². The molecule has 0 amide bonds. The third kappa shape index (κ3) is 2.63. The highest BCUT2D eigenvalue weighted by Crippen LogP contribution is 2.23. The molecule has 1 aromatic heterocycles. The molecule has 0 aliphatic rings. The summed E-state index contributed by atoms with van der Waals surface area (Å²) in [6, 6.07) is 16.1. The largest absolute Gasteiger partial charge is 0.360 e. The number of aromatic nitrogens is 1. The quantitative estimate of drug-likeness (QED) is 0.566. The van der Waals surface area contributed by atoms with Gasteiger partial charge in [0.05, 0.1) is 5.75 Å². The van der Waals surface area contributed by atoms with Gasteiger partial charge in [-0.1, -0.05) is 30.3 Å². The molecule has 0 radical (unpaired) electrons. The van der Waals surface area contributed by atoms with Crippen LogP contribution in [-0.2, 0) is 0 Å². The minimum Gasteiger partial charge on any atom is -0.360 e. The number of H-pyrrole nitrogens is 1. The van der Waals surface area contributed by atoms with Gasteiger partial charge in [0.15, 0.2) is 5.78 Å². The number of nitrogens with one attached hydrogen (secondary N) is 1. The number of fused-ring (bicyclic) bond motifs is 1. The molecule has 2 nitrogen and oxygen atoms in total. The Bertz CT molecular complexity index is 746. The normalized spacial score (nSPS) is 10.8. The molecule has 0 aliphatic carbocycles. The van der Waals surface area contributed by atoms with E-state index in [1.54, 1.807) is 11.8 Å². The lowest BCUT2D eigenvalue weighted by atomic mass is 10.1. The Labute approximate surface area is 122 Å². The first-order valence-electron chi connectivity index (χ1n) is 6.53. The number of carbonyl (C=O) groups is 1. The lowest BCUT2D eigenvalue weighted by Crippen LogP contribution is -2.01. The fourth-order valence-electron chi connectivity index (χ4n) is 2.21. The molecular formula is C17H15NOS. The van der Waals surface area contributed by atoms with Crippen LogP contribution in [-0.4, -0.2) is 16.5 Å². The number of rotatable bonds is 4. The zero-order valence-corrected chi connectivity index (χ0v) is 12.0. The fraction of sp³-hybridized carbons (Fsp3) is 0.118. The average Bonchev–Trinajstić information content (AvgIpc) is 2.89. The number of aromatic amines is 1. The van der Waals surface area contributed by atoms with Crippen LogP contribution in [0.3, 0.4) is 0 Å². The van der Waals surface area contributed by atoms with Gasteiger partial charge in [0.2, 0.25) is 0 Å². The van der Waals surface area contributed by atoms with Crippen LogP contribution in [0.1, 0.15) is 15.9 Å². The van der Waals surface area contributed by atoms with Crippen LogP contribution in [0.15, 0.2) is 59.6 Å². The van der Waals surface area contributed by atoms with Crippen LogP contribution in [0.2, 0.25) is 0 Å². The molecule has 0 spiro atoms. The number of benzene rings is 2. The van der Waals surface area contributed by atoms with Crippen molar-refractivity contribution in [2.75, 3.05) is 5.75 Å². The van der Waals surface area contributed by atoms with Crippen LogP contribution in [0.4, 0.5) is 0 Å². The summed E-state index contributed by atoms with van der Waals surface area (Å²) in [5, 5.41) is 1.01. The van der Waals surface area contributed by atoms with Gasteiger partial charge in [0, 0.05) is 27.6 Å². The molecule has 0 unspecified atom stereocenters. The molecule has 0 atom stereocenters. The second kappa shape index (κ2) is 5.55. The first-order chi connectivity index (χ1) is 9.74. The van der Waals surface area contributed by atoms with Crippen molar-refractivity contribution in [1.82, 2.24) is 4.98 Å². The number of Topliss-reactive ketones (excluding diaryl/α,β-unsaturated/α-hetero) is 1. The maximum absolute atomic E-state index is 12.3. The summed E-state index contributed by atoms with van der Waals surface area (Å²) in [6.45, 7) is 2.05. The van der Waals surface area contributed by atoms with E-state index in [4.69, 9.17) is 0 Å². The van der Waals surface area contributed by atoms with Gasteiger partial charge in [0.25, 0.3) is 0 Å². The minimum atomic E-state index is 0.161. The van der Waals surface area contributed by atoms with E-state index in [1.807, 2.05) is 55.6 Å². The molecule has 0 saturated carbocycles. The van der Waals surface area contributed by atoms with E-state index in [9.17, 15) is 4.79 Å². The number of ketones is 1. The first-order valence-corrected chi connectivity index (χ1v) is 7.51. The number of thioether (sulfide) groups is 1. The Balaban J connectivity index is 1.79. The summed E-state index contributed by atoms with van der Waals surface area (Å²) in [6.07, 6.45) is 1.82. The van der Waals surface area contributed by atoms with Crippen molar-refractivity contribution in [3.05, 3.63) is 65.9 Å². The van der Waals surface area contributed by atoms with E-state index >= 15 is 0 Å². The average molecular weight is 281 g/mol. The monoisotopic (exact) mass is 281 g/mol. The Hall–Kier alpha value is -2.00. The standard InChI is InChI=1S/C17H15NOS/c1-12-7-8-14-15(10-18-16(14)9-12)17(19)11-20-13-5-3-2-4-6-13/h2-10,18H,11H2,1H3. The molecule has 0 saturated heterocycles. The first kappa shape index (κ1) is 13.0. The van der Waals surface area contributed by atoms with E-state index in [0.717, 1.165) is 21.4 Å². The van der Waals surface area contributed by atoms with Crippen LogP contribution in [0.25, 0.3) is 10.9 Å². The van der Waals surface area contributed by atoms with E-state index in [1.165, 1.54) is 5.56 Å². The molecule has 20 heavy (non-hydrogen) atoms. The SMILES string of the molecule is Cc1ccc2c(C(=O)CSc3ccccc3)c[nH]c2c1. The third-order valence-electron chi connectivity index (χ3n) is 3.25. The molecule has 3 aromatic rings. The Morgan fingerprint density at radius 3 is 2.75 bits per heavy atom. The van der Waals surface area contributed by atoms with Crippen LogP contribution in [0.5, 0.6) is 0 Å². The molecule has 1 N–H and O–H groups in total. The smallest absolute Gasteiger partial charge is 0.175 e. The highest BCUT2D eigenvalue weighted by Gasteiger charge is 2.12. The fourth-order valence-corrected chi connectivity index (χ4v) is 3.02.